The average molecular weight is 272 g/mol. The Morgan fingerprint density at radius 3 is 2.83 bits per heavy atom. The second-order valence-corrected chi connectivity index (χ2v) is 5.64. The van der Waals surface area contributed by atoms with Gasteiger partial charge in [0.05, 0.1) is 18.0 Å². The van der Waals surface area contributed by atoms with E-state index in [9.17, 15) is 9.90 Å². The van der Waals surface area contributed by atoms with E-state index >= 15 is 0 Å². The standard InChI is InChI=1S/C12H18ClN3O2/c1-4-16-11(18)10(13)7(6-14-16)15-8-5-9(17)12(8,2)3/h6,8-9,15,17H,4-5H2,1-3H3. The quantitative estimate of drug-likeness (QED) is 0.874. The van der Waals surface area contributed by atoms with E-state index in [1.54, 1.807) is 6.20 Å². The Kier molecular flexibility index (Phi) is 3.38. The van der Waals surface area contributed by atoms with Crippen LogP contribution in [0.3, 0.4) is 0 Å². The van der Waals surface area contributed by atoms with Gasteiger partial charge in [-0.05, 0) is 13.3 Å². The van der Waals surface area contributed by atoms with E-state index in [1.807, 2.05) is 20.8 Å². The van der Waals surface area contributed by atoms with Crippen molar-refractivity contribution in [1.82, 2.24) is 9.78 Å². The number of aromatic nitrogens is 2. The molecule has 0 amide bonds. The third-order valence-electron chi connectivity index (χ3n) is 3.83. The summed E-state index contributed by atoms with van der Waals surface area (Å²) in [7, 11) is 0. The normalized spacial score (nSPS) is 25.6. The lowest BCUT2D eigenvalue weighted by molar-refractivity contribution is -0.0510. The lowest BCUT2D eigenvalue weighted by Crippen LogP contribution is -2.57. The van der Waals surface area contributed by atoms with Gasteiger partial charge >= 0.3 is 0 Å². The largest absolute Gasteiger partial charge is 0.392 e. The molecule has 1 saturated carbocycles. The fourth-order valence-corrected chi connectivity index (χ4v) is 2.33. The Bertz CT molecular complexity index is 513. The molecule has 0 spiro atoms. The number of rotatable bonds is 3. The van der Waals surface area contributed by atoms with Crippen molar-refractivity contribution in [3.8, 4) is 0 Å². The Balaban J connectivity index is 2.22. The Hall–Kier alpha value is -1.07. The van der Waals surface area contributed by atoms with Crippen molar-refractivity contribution in [1.29, 1.82) is 0 Å². The van der Waals surface area contributed by atoms with Crippen LogP contribution in [0.4, 0.5) is 5.69 Å². The molecule has 1 aromatic heterocycles. The molecule has 100 valence electrons. The SMILES string of the molecule is CCn1ncc(NC2CC(O)C2(C)C)c(Cl)c1=O. The molecule has 2 rings (SSSR count). The van der Waals surface area contributed by atoms with Crippen LogP contribution in [0.2, 0.25) is 5.02 Å². The maximum Gasteiger partial charge on any atom is 0.287 e. The predicted octanol–water partition coefficient (Wildman–Crippen LogP) is 1.49. The van der Waals surface area contributed by atoms with Crippen molar-refractivity contribution >= 4 is 17.3 Å². The molecule has 0 bridgehead atoms. The van der Waals surface area contributed by atoms with Crippen LogP contribution in [0.15, 0.2) is 11.0 Å². The number of aryl methyl sites for hydroxylation is 1. The van der Waals surface area contributed by atoms with Gasteiger partial charge in [-0.25, -0.2) is 4.68 Å². The number of aliphatic hydroxyl groups is 1. The molecule has 0 saturated heterocycles. The van der Waals surface area contributed by atoms with Crippen LogP contribution in [-0.2, 0) is 6.54 Å². The molecule has 1 aromatic rings. The molecule has 2 unspecified atom stereocenters. The van der Waals surface area contributed by atoms with E-state index in [4.69, 9.17) is 11.6 Å². The summed E-state index contributed by atoms with van der Waals surface area (Å²) >= 11 is 6.03. The minimum Gasteiger partial charge on any atom is -0.392 e. The summed E-state index contributed by atoms with van der Waals surface area (Å²) in [6.07, 6.45) is 1.89. The molecule has 18 heavy (non-hydrogen) atoms. The maximum absolute atomic E-state index is 11.8. The zero-order valence-corrected chi connectivity index (χ0v) is 11.5. The molecule has 0 aliphatic heterocycles. The molecule has 1 heterocycles. The van der Waals surface area contributed by atoms with E-state index in [2.05, 4.69) is 10.4 Å². The molecular formula is C12H18ClN3O2. The zero-order valence-electron chi connectivity index (χ0n) is 10.8. The summed E-state index contributed by atoms with van der Waals surface area (Å²) in [5.74, 6) is 0. The number of nitrogens with zero attached hydrogens (tertiary/aromatic N) is 2. The van der Waals surface area contributed by atoms with Crippen LogP contribution in [0.5, 0.6) is 0 Å². The van der Waals surface area contributed by atoms with Gasteiger partial charge in [-0.3, -0.25) is 4.79 Å². The van der Waals surface area contributed by atoms with Gasteiger partial charge in [0.2, 0.25) is 0 Å². The topological polar surface area (TPSA) is 67.2 Å². The van der Waals surface area contributed by atoms with Crippen LogP contribution in [0.1, 0.15) is 27.2 Å². The minimum atomic E-state index is -0.322. The monoisotopic (exact) mass is 271 g/mol. The molecule has 2 atom stereocenters. The zero-order chi connectivity index (χ0) is 13.5. The number of anilines is 1. The third-order valence-corrected chi connectivity index (χ3v) is 4.20. The minimum absolute atomic E-state index is 0.101. The van der Waals surface area contributed by atoms with Gasteiger partial charge in [0.15, 0.2) is 0 Å². The molecule has 0 aromatic carbocycles. The lowest BCUT2D eigenvalue weighted by Gasteiger charge is -2.49. The van der Waals surface area contributed by atoms with Crippen molar-refractivity contribution < 1.29 is 5.11 Å². The van der Waals surface area contributed by atoms with Crippen LogP contribution in [0, 0.1) is 5.41 Å². The second-order valence-electron chi connectivity index (χ2n) is 5.26. The van der Waals surface area contributed by atoms with Crippen molar-refractivity contribution in [2.75, 3.05) is 5.32 Å². The van der Waals surface area contributed by atoms with Crippen LogP contribution in [0.25, 0.3) is 0 Å². The number of halogens is 1. The van der Waals surface area contributed by atoms with Crippen molar-refractivity contribution in [3.05, 3.63) is 21.6 Å². The van der Waals surface area contributed by atoms with Gasteiger partial charge in [0.25, 0.3) is 5.56 Å². The summed E-state index contributed by atoms with van der Waals surface area (Å²) < 4.78 is 1.31. The van der Waals surface area contributed by atoms with E-state index < -0.39 is 0 Å². The van der Waals surface area contributed by atoms with E-state index in [0.29, 0.717) is 18.7 Å². The summed E-state index contributed by atoms with van der Waals surface area (Å²) in [6.45, 7) is 6.29. The van der Waals surface area contributed by atoms with E-state index in [0.717, 1.165) is 0 Å². The predicted molar refractivity (Wildman–Crippen MR) is 71.0 cm³/mol. The number of hydrogen-bond acceptors (Lipinski definition) is 4. The third kappa shape index (κ3) is 2.01. The molecule has 2 N–H and O–H groups in total. The molecule has 1 fully saturated rings. The summed E-state index contributed by atoms with van der Waals surface area (Å²) in [5, 5.41) is 17.1. The van der Waals surface area contributed by atoms with Gasteiger partial charge in [-0.2, -0.15) is 5.10 Å². The first-order valence-electron chi connectivity index (χ1n) is 6.08. The summed E-state index contributed by atoms with van der Waals surface area (Å²) in [4.78, 5) is 11.8. The summed E-state index contributed by atoms with van der Waals surface area (Å²) in [5.41, 5.74) is 0.0290. The smallest absolute Gasteiger partial charge is 0.287 e. The highest BCUT2D eigenvalue weighted by molar-refractivity contribution is 6.32. The Morgan fingerprint density at radius 2 is 2.33 bits per heavy atom. The fourth-order valence-electron chi connectivity index (χ4n) is 2.13. The van der Waals surface area contributed by atoms with Gasteiger partial charge < -0.3 is 10.4 Å². The average Bonchev–Trinajstić information content (AvgIpc) is 2.34. The van der Waals surface area contributed by atoms with Crippen LogP contribution in [-0.4, -0.2) is 27.0 Å². The van der Waals surface area contributed by atoms with Crippen molar-refractivity contribution in [2.45, 2.75) is 45.9 Å². The maximum atomic E-state index is 11.8. The molecule has 1 aliphatic carbocycles. The van der Waals surface area contributed by atoms with E-state index in [-0.39, 0.29) is 28.1 Å². The Morgan fingerprint density at radius 1 is 1.67 bits per heavy atom. The molecule has 6 heteroatoms. The van der Waals surface area contributed by atoms with Crippen LogP contribution < -0.4 is 10.9 Å². The van der Waals surface area contributed by atoms with Crippen molar-refractivity contribution in [2.24, 2.45) is 5.41 Å². The van der Waals surface area contributed by atoms with Crippen LogP contribution >= 0.6 is 11.6 Å². The first-order chi connectivity index (χ1) is 8.37. The first kappa shape index (κ1) is 13.4. The highest BCUT2D eigenvalue weighted by Gasteiger charge is 2.47. The molecule has 1 aliphatic rings. The van der Waals surface area contributed by atoms with Gasteiger partial charge in [-0.1, -0.05) is 25.4 Å². The fraction of sp³-hybridized carbons (Fsp3) is 0.667. The molecule has 0 radical (unpaired) electrons. The lowest BCUT2D eigenvalue weighted by atomic mass is 9.64. The highest BCUT2D eigenvalue weighted by Crippen LogP contribution is 2.42. The molecule has 5 nitrogen and oxygen atoms in total. The highest BCUT2D eigenvalue weighted by atomic mass is 35.5. The van der Waals surface area contributed by atoms with Gasteiger partial charge in [-0.15, -0.1) is 0 Å². The van der Waals surface area contributed by atoms with Gasteiger partial charge in [0, 0.05) is 18.0 Å². The van der Waals surface area contributed by atoms with Gasteiger partial charge in [0.1, 0.15) is 5.02 Å². The number of aliphatic hydroxyl groups excluding tert-OH is 1. The number of hydrogen-bond donors (Lipinski definition) is 2. The first-order valence-corrected chi connectivity index (χ1v) is 6.46. The Labute approximate surface area is 111 Å². The van der Waals surface area contributed by atoms with Crippen molar-refractivity contribution in [3.63, 3.8) is 0 Å². The second kappa shape index (κ2) is 4.55. The van der Waals surface area contributed by atoms with E-state index in [1.165, 1.54) is 4.68 Å². The molecular weight excluding hydrogens is 254 g/mol. The summed E-state index contributed by atoms with van der Waals surface area (Å²) in [6, 6.07) is 0.101. The number of nitrogens with one attached hydrogen (secondary N) is 1.